The van der Waals surface area contributed by atoms with Crippen LogP contribution in [0.2, 0.25) is 10.2 Å². The Kier molecular flexibility index (Phi) is 10.0. The maximum Gasteiger partial charge on any atom is 0.213 e. The molecule has 0 aliphatic heterocycles. The Bertz CT molecular complexity index is 720. The highest BCUT2D eigenvalue weighted by molar-refractivity contribution is 14.0. The Hall–Kier alpha value is -0.230. The molecule has 1 aliphatic rings. The predicted molar refractivity (Wildman–Crippen MR) is 118 cm³/mol. The lowest BCUT2D eigenvalue weighted by molar-refractivity contribution is 0.316. The standard InChI is InChI=1S/C15H25Cl2N5O2S.HI/c1-18-15(20-10-12-8-13(16)14(17)22(12)2)19-6-7-25(23,24)21-9-11-4-3-5-11;/h8,11,21H,3-7,9-10H2,1-2H3,(H2,18,19,20);1H. The van der Waals surface area contributed by atoms with Crippen LogP contribution in [0.1, 0.15) is 25.0 Å². The minimum atomic E-state index is -3.27. The summed E-state index contributed by atoms with van der Waals surface area (Å²) < 4.78 is 28.4. The topological polar surface area (TPSA) is 87.5 Å². The molecular formula is C15H26Cl2IN5O2S. The van der Waals surface area contributed by atoms with Gasteiger partial charge in [-0.3, -0.25) is 4.99 Å². The molecule has 1 aliphatic carbocycles. The fourth-order valence-corrected chi connectivity index (χ4v) is 3.89. The van der Waals surface area contributed by atoms with Crippen molar-refractivity contribution in [2.24, 2.45) is 18.0 Å². The van der Waals surface area contributed by atoms with Gasteiger partial charge in [-0.1, -0.05) is 29.6 Å². The highest BCUT2D eigenvalue weighted by atomic mass is 127. The second-order valence-electron chi connectivity index (χ2n) is 6.15. The number of rotatable bonds is 8. The number of hydrogen-bond acceptors (Lipinski definition) is 3. The van der Waals surface area contributed by atoms with Crippen LogP contribution in [0.4, 0.5) is 0 Å². The lowest BCUT2D eigenvalue weighted by Gasteiger charge is -2.25. The number of nitrogens with zero attached hydrogens (tertiary/aromatic N) is 2. The summed E-state index contributed by atoms with van der Waals surface area (Å²) in [7, 11) is 0.183. The van der Waals surface area contributed by atoms with Crippen molar-refractivity contribution in [1.82, 2.24) is 19.9 Å². The van der Waals surface area contributed by atoms with Crippen molar-refractivity contribution < 1.29 is 8.42 Å². The monoisotopic (exact) mass is 537 g/mol. The van der Waals surface area contributed by atoms with Gasteiger partial charge in [0, 0.05) is 32.9 Å². The van der Waals surface area contributed by atoms with Gasteiger partial charge in [0.25, 0.3) is 0 Å². The zero-order valence-corrected chi connectivity index (χ0v) is 19.5. The van der Waals surface area contributed by atoms with Crippen LogP contribution >= 0.6 is 47.2 Å². The van der Waals surface area contributed by atoms with Crippen LogP contribution in [0.5, 0.6) is 0 Å². The van der Waals surface area contributed by atoms with Gasteiger partial charge in [-0.2, -0.15) is 0 Å². The van der Waals surface area contributed by atoms with Gasteiger partial charge in [-0.05, 0) is 24.8 Å². The first-order valence-electron chi connectivity index (χ1n) is 8.24. The fraction of sp³-hybridized carbons (Fsp3) is 0.667. The van der Waals surface area contributed by atoms with E-state index in [1.165, 1.54) is 6.42 Å². The highest BCUT2D eigenvalue weighted by Crippen LogP contribution is 2.25. The van der Waals surface area contributed by atoms with E-state index in [4.69, 9.17) is 23.2 Å². The summed E-state index contributed by atoms with van der Waals surface area (Å²) in [5.41, 5.74) is 0.896. The number of aromatic nitrogens is 1. The number of aliphatic imine (C=N–C) groups is 1. The minimum Gasteiger partial charge on any atom is -0.355 e. The third kappa shape index (κ3) is 7.06. The zero-order chi connectivity index (χ0) is 18.4. The summed E-state index contributed by atoms with van der Waals surface area (Å²) in [5.74, 6) is 1.02. The molecule has 26 heavy (non-hydrogen) atoms. The molecule has 0 aromatic carbocycles. The smallest absolute Gasteiger partial charge is 0.213 e. The van der Waals surface area contributed by atoms with Crippen molar-refractivity contribution in [3.8, 4) is 0 Å². The van der Waals surface area contributed by atoms with Crippen LogP contribution in [0, 0.1) is 5.92 Å². The van der Waals surface area contributed by atoms with E-state index in [9.17, 15) is 8.42 Å². The van der Waals surface area contributed by atoms with E-state index in [-0.39, 0.29) is 36.3 Å². The molecule has 1 aromatic rings. The van der Waals surface area contributed by atoms with Crippen molar-refractivity contribution >= 4 is 63.2 Å². The Morgan fingerprint density at radius 1 is 1.35 bits per heavy atom. The molecule has 3 N–H and O–H groups in total. The Labute approximate surface area is 182 Å². The maximum atomic E-state index is 12.0. The number of halogens is 3. The van der Waals surface area contributed by atoms with E-state index in [2.05, 4.69) is 20.3 Å². The summed E-state index contributed by atoms with van der Waals surface area (Å²) in [4.78, 5) is 4.08. The molecule has 2 rings (SSSR count). The third-order valence-corrected chi connectivity index (χ3v) is 6.55. The number of nitrogens with one attached hydrogen (secondary N) is 3. The summed E-state index contributed by atoms with van der Waals surface area (Å²) in [6, 6.07) is 1.78. The second-order valence-corrected chi connectivity index (χ2v) is 8.84. The number of sulfonamides is 1. The van der Waals surface area contributed by atoms with E-state index in [0.717, 1.165) is 18.5 Å². The first kappa shape index (κ1) is 23.8. The molecule has 0 saturated heterocycles. The summed E-state index contributed by atoms with van der Waals surface area (Å²) in [5, 5.41) is 7.07. The second kappa shape index (κ2) is 10.9. The van der Waals surface area contributed by atoms with Crippen LogP contribution in [0.25, 0.3) is 0 Å². The largest absolute Gasteiger partial charge is 0.355 e. The fourth-order valence-electron chi connectivity index (χ4n) is 2.47. The molecule has 0 unspecified atom stereocenters. The predicted octanol–water partition coefficient (Wildman–Crippen LogP) is 2.33. The lowest BCUT2D eigenvalue weighted by Crippen LogP contribution is -2.41. The van der Waals surface area contributed by atoms with Crippen LogP contribution < -0.4 is 15.4 Å². The summed E-state index contributed by atoms with van der Waals surface area (Å²) in [6.45, 7) is 1.29. The molecule has 1 aromatic heterocycles. The van der Waals surface area contributed by atoms with Crippen molar-refractivity contribution in [1.29, 1.82) is 0 Å². The summed E-state index contributed by atoms with van der Waals surface area (Å²) >= 11 is 12.0. The minimum absolute atomic E-state index is 0. The Balaban J connectivity index is 0.00000338. The molecular weight excluding hydrogens is 512 g/mol. The molecule has 1 heterocycles. The molecule has 150 valence electrons. The molecule has 0 bridgehead atoms. The van der Waals surface area contributed by atoms with Gasteiger partial charge < -0.3 is 15.2 Å². The molecule has 1 fully saturated rings. The molecule has 11 heteroatoms. The van der Waals surface area contributed by atoms with Crippen LogP contribution in [0.15, 0.2) is 11.1 Å². The van der Waals surface area contributed by atoms with Crippen LogP contribution in [0.3, 0.4) is 0 Å². The van der Waals surface area contributed by atoms with Crippen LogP contribution in [-0.2, 0) is 23.6 Å². The molecule has 0 atom stereocenters. The molecule has 0 amide bonds. The Morgan fingerprint density at radius 3 is 2.54 bits per heavy atom. The van der Waals surface area contributed by atoms with Gasteiger partial charge in [-0.25, -0.2) is 13.1 Å². The number of guanidine groups is 1. The van der Waals surface area contributed by atoms with E-state index < -0.39 is 10.0 Å². The molecule has 1 saturated carbocycles. The van der Waals surface area contributed by atoms with Crippen molar-refractivity contribution in [2.45, 2.75) is 25.8 Å². The van der Waals surface area contributed by atoms with Gasteiger partial charge in [0.15, 0.2) is 5.96 Å². The first-order valence-corrected chi connectivity index (χ1v) is 10.6. The summed E-state index contributed by atoms with van der Waals surface area (Å²) in [6.07, 6.45) is 3.43. The van der Waals surface area contributed by atoms with Crippen molar-refractivity contribution in [3.05, 3.63) is 21.9 Å². The van der Waals surface area contributed by atoms with E-state index in [0.29, 0.717) is 35.1 Å². The van der Waals surface area contributed by atoms with E-state index in [1.54, 1.807) is 17.7 Å². The van der Waals surface area contributed by atoms with Crippen molar-refractivity contribution in [3.63, 3.8) is 0 Å². The van der Waals surface area contributed by atoms with Gasteiger partial charge in [-0.15, -0.1) is 24.0 Å². The highest BCUT2D eigenvalue weighted by Gasteiger charge is 2.20. The molecule has 0 radical (unpaired) electrons. The van der Waals surface area contributed by atoms with Crippen molar-refractivity contribution in [2.75, 3.05) is 25.9 Å². The number of hydrogen-bond donors (Lipinski definition) is 3. The average molecular weight is 538 g/mol. The Morgan fingerprint density at radius 2 is 2.04 bits per heavy atom. The molecule has 7 nitrogen and oxygen atoms in total. The van der Waals surface area contributed by atoms with E-state index >= 15 is 0 Å². The van der Waals surface area contributed by atoms with Gasteiger partial charge in [0.05, 0.1) is 17.3 Å². The lowest BCUT2D eigenvalue weighted by atomic mass is 9.86. The zero-order valence-electron chi connectivity index (χ0n) is 14.9. The normalized spacial score (nSPS) is 15.3. The molecule has 0 spiro atoms. The quantitative estimate of drug-likeness (QED) is 0.270. The third-order valence-electron chi connectivity index (χ3n) is 4.36. The SMILES string of the molecule is CN=C(NCCS(=O)(=O)NCC1CCC1)NCc1cc(Cl)c(Cl)n1C.I. The maximum absolute atomic E-state index is 12.0. The van der Waals surface area contributed by atoms with Crippen LogP contribution in [-0.4, -0.2) is 44.8 Å². The van der Waals surface area contributed by atoms with E-state index in [1.807, 2.05) is 7.05 Å². The first-order chi connectivity index (χ1) is 11.8. The van der Waals surface area contributed by atoms with Gasteiger partial charge in [0.2, 0.25) is 10.0 Å². The van der Waals surface area contributed by atoms with Gasteiger partial charge in [0.1, 0.15) is 5.15 Å². The van der Waals surface area contributed by atoms with Gasteiger partial charge >= 0.3 is 0 Å². The average Bonchev–Trinajstić information content (AvgIpc) is 2.76.